The minimum atomic E-state index is -3.32. The Hall–Kier alpha value is -2.38. The number of halogens is 1. The van der Waals surface area contributed by atoms with Gasteiger partial charge >= 0.3 is 0 Å². The summed E-state index contributed by atoms with van der Waals surface area (Å²) in [6, 6.07) is 26.0. The second-order valence-electron chi connectivity index (χ2n) is 9.33. The molecule has 34 heavy (non-hydrogen) atoms. The topological polar surface area (TPSA) is 43.9 Å². The number of benzene rings is 3. The summed E-state index contributed by atoms with van der Waals surface area (Å²) in [6.07, 6.45) is 2.17. The second kappa shape index (κ2) is 9.34. The molecule has 3 aromatic carbocycles. The lowest BCUT2D eigenvalue weighted by atomic mass is 10.0. The van der Waals surface area contributed by atoms with Gasteiger partial charge < -0.3 is 0 Å². The number of hydrogen-bond acceptors (Lipinski definition) is 4. The van der Waals surface area contributed by atoms with Crippen molar-refractivity contribution in [1.29, 1.82) is 0 Å². The van der Waals surface area contributed by atoms with Gasteiger partial charge in [-0.25, -0.2) is 8.42 Å². The van der Waals surface area contributed by atoms with E-state index in [0.29, 0.717) is 13.1 Å². The molecule has 0 amide bonds. The van der Waals surface area contributed by atoms with Gasteiger partial charge in [0.15, 0.2) is 0 Å². The van der Waals surface area contributed by atoms with Gasteiger partial charge in [-0.15, -0.1) is 0 Å². The molecular weight excluding hydrogens is 466 g/mol. The Morgan fingerprint density at radius 1 is 0.853 bits per heavy atom. The van der Waals surface area contributed by atoms with Gasteiger partial charge in [0.2, 0.25) is 10.0 Å². The highest BCUT2D eigenvalue weighted by molar-refractivity contribution is 7.88. The van der Waals surface area contributed by atoms with Crippen molar-refractivity contribution in [3.8, 4) is 0 Å². The van der Waals surface area contributed by atoms with Crippen molar-refractivity contribution in [2.45, 2.75) is 31.1 Å². The molecule has 1 heterocycles. The minimum Gasteiger partial charge on any atom is -0.291 e. The van der Waals surface area contributed by atoms with E-state index in [0.717, 1.165) is 42.9 Å². The summed E-state index contributed by atoms with van der Waals surface area (Å²) >= 11 is 6.69. The molecule has 0 N–H and O–H groups in total. The van der Waals surface area contributed by atoms with Crippen LogP contribution < -0.4 is 4.42 Å². The summed E-state index contributed by atoms with van der Waals surface area (Å²) in [5.41, 5.74) is 5.15. The molecule has 0 aromatic heterocycles. The maximum Gasteiger partial charge on any atom is 0.218 e. The van der Waals surface area contributed by atoms with Gasteiger partial charge in [-0.2, -0.15) is 4.31 Å². The highest BCUT2D eigenvalue weighted by atomic mass is 35.5. The molecule has 178 valence electrons. The number of hydrogen-bond donors (Lipinski definition) is 0. The lowest BCUT2D eigenvalue weighted by Crippen LogP contribution is -2.52. The molecular formula is C27H30ClN3O2S. The van der Waals surface area contributed by atoms with Gasteiger partial charge in [0.25, 0.3) is 0 Å². The summed E-state index contributed by atoms with van der Waals surface area (Å²) in [5, 5.41) is 0. The average molecular weight is 496 g/mol. The van der Waals surface area contributed by atoms with Gasteiger partial charge in [0, 0.05) is 43.5 Å². The van der Waals surface area contributed by atoms with Crippen molar-refractivity contribution < 1.29 is 8.42 Å². The zero-order valence-corrected chi connectivity index (χ0v) is 21.0. The molecule has 0 atom stereocenters. The Balaban J connectivity index is 1.28. The van der Waals surface area contributed by atoms with E-state index in [4.69, 9.17) is 11.8 Å². The van der Waals surface area contributed by atoms with E-state index in [9.17, 15) is 8.42 Å². The number of sulfonamides is 1. The summed E-state index contributed by atoms with van der Waals surface area (Å²) in [7, 11) is -3.32. The van der Waals surface area contributed by atoms with Crippen molar-refractivity contribution in [2.24, 2.45) is 0 Å². The SMILES string of the molecule is Cc1ccc(N(Cl)c2cccc(C3(N4CCN(S(=O)(=O)Cc5ccccc5)CC4)CC3)c2)cc1. The third-order valence-corrected chi connectivity index (χ3v) is 9.26. The van der Waals surface area contributed by atoms with Gasteiger partial charge in [-0.3, -0.25) is 9.32 Å². The molecule has 2 fully saturated rings. The summed E-state index contributed by atoms with van der Waals surface area (Å²) in [4.78, 5) is 2.46. The van der Waals surface area contributed by atoms with Crippen LogP contribution in [-0.2, 0) is 21.3 Å². The van der Waals surface area contributed by atoms with E-state index >= 15 is 0 Å². The number of anilines is 2. The second-order valence-corrected chi connectivity index (χ2v) is 11.6. The Kier molecular flexibility index (Phi) is 6.42. The zero-order valence-electron chi connectivity index (χ0n) is 19.4. The molecule has 1 aliphatic heterocycles. The predicted molar refractivity (Wildman–Crippen MR) is 139 cm³/mol. The fraction of sp³-hybridized carbons (Fsp3) is 0.333. The van der Waals surface area contributed by atoms with Crippen LogP contribution in [0.1, 0.15) is 29.5 Å². The Bertz CT molecular complexity index is 1240. The fourth-order valence-electron chi connectivity index (χ4n) is 4.92. The van der Waals surface area contributed by atoms with Gasteiger partial charge in [-0.1, -0.05) is 60.2 Å². The van der Waals surface area contributed by atoms with E-state index in [1.165, 1.54) is 11.1 Å². The van der Waals surface area contributed by atoms with Crippen LogP contribution >= 0.6 is 11.8 Å². The Labute approximate surface area is 207 Å². The average Bonchev–Trinajstić information content (AvgIpc) is 3.67. The molecule has 0 bridgehead atoms. The van der Waals surface area contributed by atoms with Crippen LogP contribution in [0.4, 0.5) is 11.4 Å². The number of aryl methyl sites for hydroxylation is 1. The van der Waals surface area contributed by atoms with Crippen LogP contribution in [0.2, 0.25) is 0 Å². The highest BCUT2D eigenvalue weighted by Crippen LogP contribution is 2.52. The molecule has 3 aromatic rings. The molecule has 5 rings (SSSR count). The largest absolute Gasteiger partial charge is 0.291 e. The monoisotopic (exact) mass is 495 g/mol. The molecule has 0 radical (unpaired) electrons. The van der Waals surface area contributed by atoms with Crippen LogP contribution in [0.5, 0.6) is 0 Å². The number of rotatable bonds is 7. The van der Waals surface area contributed by atoms with E-state index < -0.39 is 10.0 Å². The van der Waals surface area contributed by atoms with Crippen molar-refractivity contribution in [2.75, 3.05) is 30.6 Å². The lowest BCUT2D eigenvalue weighted by Gasteiger charge is -2.39. The lowest BCUT2D eigenvalue weighted by molar-refractivity contribution is 0.121. The maximum atomic E-state index is 13.0. The quantitative estimate of drug-likeness (QED) is 0.410. The third kappa shape index (κ3) is 4.73. The third-order valence-electron chi connectivity index (χ3n) is 7.02. The first kappa shape index (κ1) is 23.4. The summed E-state index contributed by atoms with van der Waals surface area (Å²) < 4.78 is 29.3. The molecule has 0 unspecified atom stereocenters. The van der Waals surface area contributed by atoms with Crippen molar-refractivity contribution in [3.63, 3.8) is 0 Å². The number of piperazine rings is 1. The summed E-state index contributed by atoms with van der Waals surface area (Å²) in [6.45, 7) is 4.59. The van der Waals surface area contributed by atoms with Crippen LogP contribution in [0.25, 0.3) is 0 Å². The standard InChI is InChI=1S/C27H30ClN3O2S/c1-22-10-12-25(13-11-22)31(28)26-9-5-8-24(20-26)27(14-15-27)29-16-18-30(19-17-29)34(32,33)21-23-6-3-2-4-7-23/h2-13,20H,14-19,21H2,1H3. The fourth-order valence-corrected chi connectivity index (χ4v) is 6.65. The Morgan fingerprint density at radius 2 is 1.53 bits per heavy atom. The first-order chi connectivity index (χ1) is 16.4. The van der Waals surface area contributed by atoms with E-state index in [-0.39, 0.29) is 11.3 Å². The van der Waals surface area contributed by atoms with Crippen LogP contribution in [0.15, 0.2) is 78.9 Å². The van der Waals surface area contributed by atoms with Crippen molar-refractivity contribution >= 4 is 33.2 Å². The molecule has 1 saturated carbocycles. The van der Waals surface area contributed by atoms with E-state index in [1.807, 2.05) is 48.5 Å². The first-order valence-corrected chi connectivity index (χ1v) is 13.7. The van der Waals surface area contributed by atoms with E-state index in [1.54, 1.807) is 8.72 Å². The van der Waals surface area contributed by atoms with Gasteiger partial charge in [-0.05, 0) is 55.2 Å². The predicted octanol–water partition coefficient (Wildman–Crippen LogP) is 5.42. The molecule has 0 spiro atoms. The van der Waals surface area contributed by atoms with Gasteiger partial charge in [0.1, 0.15) is 0 Å². The first-order valence-electron chi connectivity index (χ1n) is 11.8. The van der Waals surface area contributed by atoms with Crippen molar-refractivity contribution in [3.05, 3.63) is 95.6 Å². The van der Waals surface area contributed by atoms with Crippen LogP contribution in [0.3, 0.4) is 0 Å². The van der Waals surface area contributed by atoms with Gasteiger partial charge in [0.05, 0.1) is 17.1 Å². The highest BCUT2D eigenvalue weighted by Gasteiger charge is 2.50. The summed E-state index contributed by atoms with van der Waals surface area (Å²) in [5.74, 6) is 0.0611. The number of nitrogens with zero attached hydrogens (tertiary/aromatic N) is 3. The molecule has 1 aliphatic carbocycles. The molecule has 7 heteroatoms. The zero-order chi connectivity index (χ0) is 23.8. The molecule has 1 saturated heterocycles. The Morgan fingerprint density at radius 3 is 2.18 bits per heavy atom. The van der Waals surface area contributed by atoms with Crippen LogP contribution in [-0.4, -0.2) is 43.8 Å². The molecule has 5 nitrogen and oxygen atoms in total. The maximum absolute atomic E-state index is 13.0. The van der Waals surface area contributed by atoms with E-state index in [2.05, 4.69) is 42.2 Å². The van der Waals surface area contributed by atoms with Crippen LogP contribution in [0, 0.1) is 6.92 Å². The normalized spacial score (nSPS) is 18.5. The smallest absolute Gasteiger partial charge is 0.218 e. The van der Waals surface area contributed by atoms with Crippen molar-refractivity contribution in [1.82, 2.24) is 9.21 Å². The minimum absolute atomic E-state index is 0.0176. The molecule has 2 aliphatic rings.